The first-order chi connectivity index (χ1) is 13.3. The van der Waals surface area contributed by atoms with Crippen molar-refractivity contribution in [2.75, 3.05) is 18.4 Å². The van der Waals surface area contributed by atoms with E-state index in [0.29, 0.717) is 27.5 Å². The number of anilines is 1. The molecule has 1 aromatic heterocycles. The molecule has 1 aliphatic rings. The van der Waals surface area contributed by atoms with Crippen LogP contribution in [-0.4, -0.2) is 47.0 Å². The minimum Gasteiger partial charge on any atom is -0.358 e. The van der Waals surface area contributed by atoms with Crippen molar-refractivity contribution in [2.24, 2.45) is 0 Å². The summed E-state index contributed by atoms with van der Waals surface area (Å²) in [6.07, 6.45) is 2.61. The van der Waals surface area contributed by atoms with Gasteiger partial charge >= 0.3 is 0 Å². The van der Waals surface area contributed by atoms with Crippen LogP contribution in [0.25, 0.3) is 0 Å². The minimum atomic E-state index is -3.73. The monoisotopic (exact) mass is 443 g/mol. The van der Waals surface area contributed by atoms with E-state index < -0.39 is 14.9 Å². The fraction of sp³-hybridized carbons (Fsp3) is 0.500. The van der Waals surface area contributed by atoms with Gasteiger partial charge in [0, 0.05) is 25.2 Å². The van der Waals surface area contributed by atoms with E-state index >= 15 is 0 Å². The Kier molecular flexibility index (Phi) is 6.53. The van der Waals surface area contributed by atoms with Gasteiger partial charge in [0.15, 0.2) is 4.34 Å². The van der Waals surface area contributed by atoms with Gasteiger partial charge in [0.1, 0.15) is 0 Å². The van der Waals surface area contributed by atoms with Crippen LogP contribution in [0.1, 0.15) is 33.1 Å². The summed E-state index contributed by atoms with van der Waals surface area (Å²) in [4.78, 5) is 11.3. The van der Waals surface area contributed by atoms with Crippen molar-refractivity contribution in [3.05, 3.63) is 28.3 Å². The average Bonchev–Trinajstić information content (AvgIpc) is 3.08. The molecule has 0 spiro atoms. The van der Waals surface area contributed by atoms with E-state index in [-0.39, 0.29) is 16.6 Å². The van der Waals surface area contributed by atoms with Crippen LogP contribution in [0.3, 0.4) is 0 Å². The number of hydrogen-bond acceptors (Lipinski definition) is 9. The molecule has 152 valence electrons. The molecular weight excluding hydrogens is 422 g/mol. The van der Waals surface area contributed by atoms with E-state index in [0.717, 1.165) is 37.1 Å². The molecule has 0 unspecified atom stereocenters. The summed E-state index contributed by atoms with van der Waals surface area (Å²) in [6, 6.07) is 4.23. The van der Waals surface area contributed by atoms with Crippen molar-refractivity contribution >= 4 is 43.9 Å². The highest BCUT2D eigenvalue weighted by Gasteiger charge is 2.29. The Hall–Kier alpha value is -1.76. The Balaban J connectivity index is 1.87. The number of rotatable bonds is 7. The molecule has 0 radical (unpaired) electrons. The number of piperidine rings is 1. The van der Waals surface area contributed by atoms with Crippen LogP contribution < -0.4 is 5.32 Å². The van der Waals surface area contributed by atoms with Gasteiger partial charge in [-0.1, -0.05) is 17.8 Å². The standard InChI is InChI=1S/C16H21N5O4S3/c1-11(2)17-15-18-19-16(27-15)26-14-7-6-12(10-13(14)21(22)23)28(24,25)20-8-4-3-5-9-20/h6-7,10-11H,3-5,8-9H2,1-2H3,(H,17,18). The van der Waals surface area contributed by atoms with Crippen LogP contribution in [-0.2, 0) is 10.0 Å². The number of sulfonamides is 1. The summed E-state index contributed by atoms with van der Waals surface area (Å²) in [5.74, 6) is 0. The maximum Gasteiger partial charge on any atom is 0.284 e. The van der Waals surface area contributed by atoms with E-state index in [1.165, 1.54) is 27.8 Å². The second-order valence-electron chi connectivity index (χ2n) is 6.63. The second-order valence-corrected chi connectivity index (χ2v) is 10.8. The highest BCUT2D eigenvalue weighted by molar-refractivity contribution is 8.01. The summed E-state index contributed by atoms with van der Waals surface area (Å²) in [5, 5.41) is 23.4. The minimum absolute atomic E-state index is 0.0510. The van der Waals surface area contributed by atoms with Crippen molar-refractivity contribution in [2.45, 2.75) is 53.3 Å². The van der Waals surface area contributed by atoms with E-state index in [1.807, 2.05) is 13.8 Å². The van der Waals surface area contributed by atoms with Crippen LogP contribution in [0.2, 0.25) is 0 Å². The Morgan fingerprint density at radius 1 is 1.25 bits per heavy atom. The molecule has 28 heavy (non-hydrogen) atoms. The molecule has 1 aromatic carbocycles. The Morgan fingerprint density at radius 3 is 2.61 bits per heavy atom. The molecule has 2 aromatic rings. The summed E-state index contributed by atoms with van der Waals surface area (Å²) in [7, 11) is -3.73. The zero-order valence-corrected chi connectivity index (χ0v) is 17.9. The number of nitro benzene ring substituents is 1. The average molecular weight is 444 g/mol. The summed E-state index contributed by atoms with van der Waals surface area (Å²) in [5.41, 5.74) is -0.253. The number of nitro groups is 1. The molecule has 0 saturated carbocycles. The number of aromatic nitrogens is 2. The third-order valence-corrected chi connectivity index (χ3v) is 7.96. The second kappa shape index (κ2) is 8.72. The van der Waals surface area contributed by atoms with Crippen LogP contribution in [0.15, 0.2) is 32.3 Å². The normalized spacial score (nSPS) is 15.7. The number of benzene rings is 1. The number of nitrogens with one attached hydrogen (secondary N) is 1. The first kappa shape index (κ1) is 21.0. The van der Waals surface area contributed by atoms with Gasteiger partial charge in [-0.05, 0) is 50.6 Å². The molecule has 1 aliphatic heterocycles. The number of hydrogen-bond donors (Lipinski definition) is 1. The number of nitrogens with zero attached hydrogens (tertiary/aromatic N) is 4. The van der Waals surface area contributed by atoms with Gasteiger partial charge in [-0.2, -0.15) is 4.31 Å². The third kappa shape index (κ3) is 4.80. The van der Waals surface area contributed by atoms with E-state index in [9.17, 15) is 18.5 Å². The van der Waals surface area contributed by atoms with Gasteiger partial charge in [-0.25, -0.2) is 8.42 Å². The van der Waals surface area contributed by atoms with Crippen molar-refractivity contribution in [1.82, 2.24) is 14.5 Å². The lowest BCUT2D eigenvalue weighted by Gasteiger charge is -2.25. The molecule has 0 amide bonds. The van der Waals surface area contributed by atoms with Gasteiger partial charge in [0.25, 0.3) is 5.69 Å². The highest BCUT2D eigenvalue weighted by Crippen LogP contribution is 2.38. The summed E-state index contributed by atoms with van der Waals surface area (Å²) >= 11 is 2.39. The lowest BCUT2D eigenvalue weighted by atomic mass is 10.2. The molecule has 9 nitrogen and oxygen atoms in total. The van der Waals surface area contributed by atoms with Crippen molar-refractivity contribution in [3.8, 4) is 0 Å². The first-order valence-corrected chi connectivity index (χ1v) is 11.9. The fourth-order valence-electron chi connectivity index (χ4n) is 2.79. The summed E-state index contributed by atoms with van der Waals surface area (Å²) in [6.45, 7) is 4.84. The molecule has 1 saturated heterocycles. The SMILES string of the molecule is CC(C)Nc1nnc(Sc2ccc(S(=O)(=O)N3CCCCC3)cc2[N+](=O)[O-])s1. The first-order valence-electron chi connectivity index (χ1n) is 8.84. The van der Waals surface area contributed by atoms with Gasteiger partial charge in [0.2, 0.25) is 15.2 Å². The molecule has 3 rings (SSSR count). The fourth-order valence-corrected chi connectivity index (χ4v) is 6.27. The van der Waals surface area contributed by atoms with Gasteiger partial charge < -0.3 is 5.32 Å². The molecule has 1 fully saturated rings. The van der Waals surface area contributed by atoms with Crippen LogP contribution in [0.4, 0.5) is 10.8 Å². The predicted octanol–water partition coefficient (Wildman–Crippen LogP) is 3.59. The predicted molar refractivity (Wildman–Crippen MR) is 108 cm³/mol. The van der Waals surface area contributed by atoms with E-state index in [1.54, 1.807) is 0 Å². The largest absolute Gasteiger partial charge is 0.358 e. The van der Waals surface area contributed by atoms with Crippen molar-refractivity contribution in [3.63, 3.8) is 0 Å². The topological polar surface area (TPSA) is 118 Å². The lowest BCUT2D eigenvalue weighted by Crippen LogP contribution is -2.35. The Morgan fingerprint density at radius 2 is 1.96 bits per heavy atom. The van der Waals surface area contributed by atoms with E-state index in [4.69, 9.17) is 0 Å². The maximum absolute atomic E-state index is 12.8. The third-order valence-electron chi connectivity index (χ3n) is 4.10. The molecular formula is C16H21N5O4S3. The van der Waals surface area contributed by atoms with Gasteiger partial charge in [-0.15, -0.1) is 10.2 Å². The van der Waals surface area contributed by atoms with Crippen molar-refractivity contribution < 1.29 is 13.3 Å². The molecule has 12 heteroatoms. The van der Waals surface area contributed by atoms with Crippen LogP contribution in [0, 0.1) is 10.1 Å². The molecule has 0 atom stereocenters. The van der Waals surface area contributed by atoms with E-state index in [2.05, 4.69) is 15.5 Å². The van der Waals surface area contributed by atoms with Gasteiger partial charge in [-0.3, -0.25) is 10.1 Å². The summed E-state index contributed by atoms with van der Waals surface area (Å²) < 4.78 is 27.6. The molecule has 0 bridgehead atoms. The molecule has 0 aliphatic carbocycles. The Labute approximate surface area is 171 Å². The smallest absolute Gasteiger partial charge is 0.284 e. The molecule has 1 N–H and O–H groups in total. The Bertz CT molecular complexity index is 955. The van der Waals surface area contributed by atoms with Crippen LogP contribution in [0.5, 0.6) is 0 Å². The van der Waals surface area contributed by atoms with Crippen LogP contribution >= 0.6 is 23.1 Å². The zero-order chi connectivity index (χ0) is 20.3. The highest BCUT2D eigenvalue weighted by atomic mass is 32.2. The molecule has 2 heterocycles. The van der Waals surface area contributed by atoms with Crippen molar-refractivity contribution in [1.29, 1.82) is 0 Å². The quantitative estimate of drug-likeness (QED) is 0.509. The zero-order valence-electron chi connectivity index (χ0n) is 15.5. The maximum atomic E-state index is 12.8. The van der Waals surface area contributed by atoms with Gasteiger partial charge in [0.05, 0.1) is 14.7 Å². The lowest BCUT2D eigenvalue weighted by molar-refractivity contribution is -0.388.